The van der Waals surface area contributed by atoms with E-state index < -0.39 is 5.97 Å². The summed E-state index contributed by atoms with van der Waals surface area (Å²) in [5.74, 6) is 0.149. The SMILES string of the molecule is CN1CCC(CCNc2nccc(C(=O)O)c2Cl)CC1. The molecule has 1 aromatic rings. The highest BCUT2D eigenvalue weighted by Crippen LogP contribution is 2.24. The summed E-state index contributed by atoms with van der Waals surface area (Å²) in [4.78, 5) is 17.4. The Hall–Kier alpha value is -1.33. The number of carboxylic acids is 1. The molecular weight excluding hydrogens is 278 g/mol. The number of nitrogens with zero attached hydrogens (tertiary/aromatic N) is 2. The summed E-state index contributed by atoms with van der Waals surface area (Å²) < 4.78 is 0. The number of carboxylic acid groups (broad SMARTS) is 1. The molecule has 0 radical (unpaired) electrons. The quantitative estimate of drug-likeness (QED) is 0.874. The molecule has 0 saturated carbocycles. The molecule has 110 valence electrons. The second-order valence-electron chi connectivity index (χ2n) is 5.29. The number of hydrogen-bond acceptors (Lipinski definition) is 4. The minimum Gasteiger partial charge on any atom is -0.478 e. The van der Waals surface area contributed by atoms with Gasteiger partial charge in [-0.1, -0.05) is 11.6 Å². The van der Waals surface area contributed by atoms with Gasteiger partial charge in [-0.15, -0.1) is 0 Å². The molecule has 2 heterocycles. The van der Waals surface area contributed by atoms with Gasteiger partial charge in [-0.2, -0.15) is 0 Å². The zero-order valence-corrected chi connectivity index (χ0v) is 12.4. The van der Waals surface area contributed by atoms with Crippen LogP contribution in [0, 0.1) is 5.92 Å². The number of hydrogen-bond donors (Lipinski definition) is 2. The molecule has 1 aromatic heterocycles. The maximum Gasteiger partial charge on any atom is 0.337 e. The van der Waals surface area contributed by atoms with E-state index >= 15 is 0 Å². The van der Waals surface area contributed by atoms with Gasteiger partial charge in [0.1, 0.15) is 5.82 Å². The number of nitrogens with one attached hydrogen (secondary N) is 1. The second kappa shape index (κ2) is 6.90. The van der Waals surface area contributed by atoms with Gasteiger partial charge in [0.15, 0.2) is 0 Å². The second-order valence-corrected chi connectivity index (χ2v) is 5.67. The van der Waals surface area contributed by atoms with Crippen LogP contribution in [0.3, 0.4) is 0 Å². The highest BCUT2D eigenvalue weighted by molar-refractivity contribution is 6.35. The first-order valence-corrected chi connectivity index (χ1v) is 7.26. The average Bonchev–Trinajstić information content (AvgIpc) is 2.42. The summed E-state index contributed by atoms with van der Waals surface area (Å²) in [6.45, 7) is 3.07. The van der Waals surface area contributed by atoms with Crippen molar-refractivity contribution >= 4 is 23.4 Å². The molecule has 1 saturated heterocycles. The Bertz CT molecular complexity index is 473. The molecule has 6 heteroatoms. The standard InChI is InChI=1S/C14H20ClN3O2/c1-18-8-4-10(5-9-18)2-6-16-13-12(15)11(14(19)20)3-7-17-13/h3,7,10H,2,4-6,8-9H2,1H3,(H,16,17)(H,19,20). The number of carbonyl (C=O) groups is 1. The Kier molecular flexibility index (Phi) is 5.20. The molecule has 5 nitrogen and oxygen atoms in total. The van der Waals surface area contributed by atoms with E-state index in [9.17, 15) is 4.79 Å². The minimum atomic E-state index is -1.03. The summed E-state index contributed by atoms with van der Waals surface area (Å²) in [7, 11) is 2.15. The monoisotopic (exact) mass is 297 g/mol. The maximum absolute atomic E-state index is 11.0. The highest BCUT2D eigenvalue weighted by atomic mass is 35.5. The van der Waals surface area contributed by atoms with E-state index in [1.165, 1.54) is 25.1 Å². The van der Waals surface area contributed by atoms with E-state index in [4.69, 9.17) is 16.7 Å². The van der Waals surface area contributed by atoms with E-state index in [0.29, 0.717) is 5.82 Å². The van der Waals surface area contributed by atoms with Crippen molar-refractivity contribution in [2.45, 2.75) is 19.3 Å². The Labute approximate surface area is 123 Å². The lowest BCUT2D eigenvalue weighted by molar-refractivity contribution is 0.0697. The molecule has 1 fully saturated rings. The number of aromatic carboxylic acids is 1. The Morgan fingerprint density at radius 3 is 2.90 bits per heavy atom. The van der Waals surface area contributed by atoms with Crippen LogP contribution in [0.25, 0.3) is 0 Å². The number of piperidine rings is 1. The van der Waals surface area contributed by atoms with Crippen molar-refractivity contribution in [2.75, 3.05) is 32.0 Å². The summed E-state index contributed by atoms with van der Waals surface area (Å²) in [6.07, 6.45) is 4.96. The summed E-state index contributed by atoms with van der Waals surface area (Å²) >= 11 is 6.03. The molecule has 1 aliphatic rings. The fraction of sp³-hybridized carbons (Fsp3) is 0.571. The van der Waals surface area contributed by atoms with Crippen LogP contribution in [-0.4, -0.2) is 47.6 Å². The predicted octanol–water partition coefficient (Wildman–Crippen LogP) is 2.58. The van der Waals surface area contributed by atoms with E-state index in [1.807, 2.05) is 0 Å². The number of pyridine rings is 1. The van der Waals surface area contributed by atoms with Gasteiger partial charge in [-0.25, -0.2) is 9.78 Å². The van der Waals surface area contributed by atoms with Crippen LogP contribution in [-0.2, 0) is 0 Å². The van der Waals surface area contributed by atoms with Crippen LogP contribution in [0.2, 0.25) is 5.02 Å². The van der Waals surface area contributed by atoms with E-state index in [0.717, 1.165) is 32.0 Å². The van der Waals surface area contributed by atoms with Crippen LogP contribution >= 0.6 is 11.6 Å². The third-order valence-electron chi connectivity index (χ3n) is 3.80. The van der Waals surface area contributed by atoms with E-state index in [-0.39, 0.29) is 10.6 Å². The lowest BCUT2D eigenvalue weighted by Gasteiger charge is -2.28. The van der Waals surface area contributed by atoms with Crippen molar-refractivity contribution < 1.29 is 9.90 Å². The first-order chi connectivity index (χ1) is 9.58. The normalized spacial score (nSPS) is 17.1. The highest BCUT2D eigenvalue weighted by Gasteiger charge is 2.17. The topological polar surface area (TPSA) is 65.5 Å². The van der Waals surface area contributed by atoms with Gasteiger partial charge >= 0.3 is 5.97 Å². The van der Waals surface area contributed by atoms with Gasteiger partial charge in [-0.05, 0) is 51.4 Å². The third-order valence-corrected chi connectivity index (χ3v) is 4.19. The van der Waals surface area contributed by atoms with Crippen LogP contribution in [0.1, 0.15) is 29.6 Å². The molecule has 0 atom stereocenters. The molecular formula is C14H20ClN3O2. The lowest BCUT2D eigenvalue weighted by atomic mass is 9.94. The Morgan fingerprint density at radius 2 is 2.25 bits per heavy atom. The zero-order valence-electron chi connectivity index (χ0n) is 11.6. The largest absolute Gasteiger partial charge is 0.478 e. The van der Waals surface area contributed by atoms with Gasteiger partial charge in [-0.3, -0.25) is 0 Å². The van der Waals surface area contributed by atoms with Crippen LogP contribution in [0.5, 0.6) is 0 Å². The maximum atomic E-state index is 11.0. The molecule has 0 amide bonds. The van der Waals surface area contributed by atoms with Crippen molar-refractivity contribution in [3.63, 3.8) is 0 Å². The first kappa shape index (κ1) is 15.1. The predicted molar refractivity (Wildman–Crippen MR) is 79.5 cm³/mol. The van der Waals surface area contributed by atoms with Crippen LogP contribution in [0.4, 0.5) is 5.82 Å². The van der Waals surface area contributed by atoms with Gasteiger partial charge in [0.05, 0.1) is 10.6 Å². The number of likely N-dealkylation sites (tertiary alicyclic amines) is 1. The molecule has 0 aromatic carbocycles. The van der Waals surface area contributed by atoms with Gasteiger partial charge in [0.2, 0.25) is 0 Å². The summed E-state index contributed by atoms with van der Waals surface area (Å²) in [6, 6.07) is 1.41. The summed E-state index contributed by atoms with van der Waals surface area (Å²) in [5, 5.41) is 12.3. The molecule has 1 aliphatic heterocycles. The van der Waals surface area contributed by atoms with Crippen LogP contribution in [0.15, 0.2) is 12.3 Å². The smallest absolute Gasteiger partial charge is 0.337 e. The third kappa shape index (κ3) is 3.84. The molecule has 0 unspecified atom stereocenters. The average molecular weight is 298 g/mol. The number of halogens is 1. The molecule has 0 bridgehead atoms. The Morgan fingerprint density at radius 1 is 1.55 bits per heavy atom. The lowest BCUT2D eigenvalue weighted by Crippen LogP contribution is -2.30. The van der Waals surface area contributed by atoms with Crippen molar-refractivity contribution in [3.8, 4) is 0 Å². The van der Waals surface area contributed by atoms with Crippen molar-refractivity contribution in [2.24, 2.45) is 5.92 Å². The van der Waals surface area contributed by atoms with Crippen molar-refractivity contribution in [1.82, 2.24) is 9.88 Å². The fourth-order valence-electron chi connectivity index (χ4n) is 2.48. The number of rotatable bonds is 5. The minimum absolute atomic E-state index is 0.0865. The van der Waals surface area contributed by atoms with E-state index in [2.05, 4.69) is 22.2 Å². The molecule has 0 aliphatic carbocycles. The zero-order chi connectivity index (χ0) is 14.5. The van der Waals surface area contributed by atoms with Crippen molar-refractivity contribution in [1.29, 1.82) is 0 Å². The number of anilines is 1. The van der Waals surface area contributed by atoms with Gasteiger partial charge in [0, 0.05) is 12.7 Å². The number of aromatic nitrogens is 1. The summed E-state index contributed by atoms with van der Waals surface area (Å²) in [5.41, 5.74) is 0.0865. The van der Waals surface area contributed by atoms with Gasteiger partial charge < -0.3 is 15.3 Å². The fourth-order valence-corrected chi connectivity index (χ4v) is 2.74. The van der Waals surface area contributed by atoms with E-state index in [1.54, 1.807) is 0 Å². The van der Waals surface area contributed by atoms with Crippen LogP contribution < -0.4 is 5.32 Å². The van der Waals surface area contributed by atoms with Crippen molar-refractivity contribution in [3.05, 3.63) is 22.8 Å². The molecule has 0 spiro atoms. The Balaban J connectivity index is 1.85. The molecule has 2 N–H and O–H groups in total. The molecule has 20 heavy (non-hydrogen) atoms. The molecule has 2 rings (SSSR count). The first-order valence-electron chi connectivity index (χ1n) is 6.88. The van der Waals surface area contributed by atoms with Gasteiger partial charge in [0.25, 0.3) is 0 Å².